The summed E-state index contributed by atoms with van der Waals surface area (Å²) in [5, 5.41) is 10.8. The van der Waals surface area contributed by atoms with E-state index in [9.17, 15) is 4.79 Å². The fourth-order valence-electron chi connectivity index (χ4n) is 1.24. The van der Waals surface area contributed by atoms with Gasteiger partial charge in [0, 0.05) is 0 Å². The molecule has 0 saturated heterocycles. The fourth-order valence-corrected chi connectivity index (χ4v) is 2.07. The molecule has 2 aromatic heterocycles. The van der Waals surface area contributed by atoms with Crippen LogP contribution in [0.5, 0.6) is 0 Å². The summed E-state index contributed by atoms with van der Waals surface area (Å²) in [5.41, 5.74) is 1.10. The number of carbonyl (C=O) groups is 1. The molecule has 5 heteroatoms. The van der Waals surface area contributed by atoms with Crippen molar-refractivity contribution in [2.45, 2.75) is 13.8 Å². The smallest absolute Gasteiger partial charge is 0.358 e. The van der Waals surface area contributed by atoms with Gasteiger partial charge in [0.1, 0.15) is 5.76 Å². The first kappa shape index (κ1) is 9.92. The van der Waals surface area contributed by atoms with Crippen LogP contribution in [-0.4, -0.2) is 16.1 Å². The van der Waals surface area contributed by atoms with Crippen molar-refractivity contribution in [3.05, 3.63) is 28.5 Å². The lowest BCUT2D eigenvalue weighted by Gasteiger charge is -1.85. The van der Waals surface area contributed by atoms with Gasteiger partial charge in [0.15, 0.2) is 5.69 Å². The van der Waals surface area contributed by atoms with Gasteiger partial charge in [-0.1, -0.05) is 0 Å². The van der Waals surface area contributed by atoms with E-state index < -0.39 is 5.97 Å². The zero-order valence-corrected chi connectivity index (χ0v) is 9.09. The minimum Gasteiger partial charge on any atom is -0.476 e. The highest BCUT2D eigenvalue weighted by atomic mass is 32.1. The summed E-state index contributed by atoms with van der Waals surface area (Å²) in [6, 6.07) is 1.92. The van der Waals surface area contributed by atoms with Gasteiger partial charge in [-0.25, -0.2) is 9.78 Å². The molecular formula is C10H9NO3S. The molecule has 0 amide bonds. The van der Waals surface area contributed by atoms with Crippen molar-refractivity contribution < 1.29 is 14.3 Å². The average molecular weight is 223 g/mol. The second-order valence-electron chi connectivity index (χ2n) is 3.22. The maximum atomic E-state index is 10.8. The van der Waals surface area contributed by atoms with Crippen LogP contribution in [0.4, 0.5) is 0 Å². The van der Waals surface area contributed by atoms with Crippen LogP contribution in [0.1, 0.15) is 21.8 Å². The molecule has 0 bridgehead atoms. The van der Waals surface area contributed by atoms with Gasteiger partial charge >= 0.3 is 5.97 Å². The molecule has 15 heavy (non-hydrogen) atoms. The van der Waals surface area contributed by atoms with Crippen LogP contribution in [0.25, 0.3) is 10.8 Å². The van der Waals surface area contributed by atoms with E-state index >= 15 is 0 Å². The molecule has 4 nitrogen and oxygen atoms in total. The summed E-state index contributed by atoms with van der Waals surface area (Å²) in [4.78, 5) is 15.5. The van der Waals surface area contributed by atoms with Crippen molar-refractivity contribution in [3.8, 4) is 10.8 Å². The fraction of sp³-hybridized carbons (Fsp3) is 0.200. The highest BCUT2D eigenvalue weighted by molar-refractivity contribution is 7.13. The number of rotatable bonds is 2. The van der Waals surface area contributed by atoms with Gasteiger partial charge in [-0.05, 0) is 30.9 Å². The summed E-state index contributed by atoms with van der Waals surface area (Å²) in [5.74, 6) is -0.345. The Morgan fingerprint density at radius 1 is 1.53 bits per heavy atom. The standard InChI is InChI=1S/C10H9NO3S/c1-5-3-7(15-4-5)9-11-8(10(12)13)6(2)14-9/h3-4H,1-2H3,(H,12,13). The number of carboxylic acids is 1. The van der Waals surface area contributed by atoms with Crippen LogP contribution < -0.4 is 0 Å². The van der Waals surface area contributed by atoms with Crippen LogP contribution in [0.3, 0.4) is 0 Å². The predicted molar refractivity (Wildman–Crippen MR) is 56.2 cm³/mol. The molecule has 0 aromatic carbocycles. The average Bonchev–Trinajstić information content (AvgIpc) is 2.71. The molecule has 0 aliphatic carbocycles. The van der Waals surface area contributed by atoms with E-state index in [2.05, 4.69) is 4.98 Å². The first-order chi connectivity index (χ1) is 7.08. The zero-order valence-electron chi connectivity index (χ0n) is 8.27. The maximum Gasteiger partial charge on any atom is 0.358 e. The number of aryl methyl sites for hydroxylation is 2. The number of nitrogens with zero attached hydrogens (tertiary/aromatic N) is 1. The summed E-state index contributed by atoms with van der Waals surface area (Å²) >= 11 is 1.49. The first-order valence-electron chi connectivity index (χ1n) is 4.34. The third-order valence-corrected chi connectivity index (χ3v) is 2.98. The number of hydrogen-bond acceptors (Lipinski definition) is 4. The van der Waals surface area contributed by atoms with E-state index in [1.54, 1.807) is 6.92 Å². The van der Waals surface area contributed by atoms with Crippen molar-refractivity contribution in [1.29, 1.82) is 0 Å². The van der Waals surface area contributed by atoms with Crippen LogP contribution in [0.2, 0.25) is 0 Å². The van der Waals surface area contributed by atoms with Crippen molar-refractivity contribution in [2.24, 2.45) is 0 Å². The van der Waals surface area contributed by atoms with E-state index in [4.69, 9.17) is 9.52 Å². The summed E-state index contributed by atoms with van der Waals surface area (Å²) in [7, 11) is 0. The normalized spacial score (nSPS) is 10.5. The van der Waals surface area contributed by atoms with Crippen LogP contribution in [0.15, 0.2) is 15.9 Å². The third kappa shape index (κ3) is 1.78. The lowest BCUT2D eigenvalue weighted by Crippen LogP contribution is -1.98. The molecule has 0 aliphatic rings. The Morgan fingerprint density at radius 3 is 2.73 bits per heavy atom. The monoisotopic (exact) mass is 223 g/mol. The Morgan fingerprint density at radius 2 is 2.27 bits per heavy atom. The number of aromatic carboxylic acids is 1. The lowest BCUT2D eigenvalue weighted by atomic mass is 10.3. The maximum absolute atomic E-state index is 10.8. The third-order valence-electron chi connectivity index (χ3n) is 1.94. The number of hydrogen-bond donors (Lipinski definition) is 1. The molecule has 1 N–H and O–H groups in total. The molecule has 2 heterocycles. The number of thiophene rings is 1. The van der Waals surface area contributed by atoms with Gasteiger partial charge in [-0.2, -0.15) is 0 Å². The molecular weight excluding hydrogens is 214 g/mol. The topological polar surface area (TPSA) is 63.3 Å². The first-order valence-corrected chi connectivity index (χ1v) is 5.22. The van der Waals surface area contributed by atoms with E-state index in [1.165, 1.54) is 11.3 Å². The molecule has 0 aliphatic heterocycles. The second kappa shape index (κ2) is 3.51. The van der Waals surface area contributed by atoms with Gasteiger partial charge < -0.3 is 9.52 Å². The van der Waals surface area contributed by atoms with Gasteiger partial charge in [0.2, 0.25) is 5.89 Å². The van der Waals surface area contributed by atoms with E-state index in [0.717, 1.165) is 10.4 Å². The largest absolute Gasteiger partial charge is 0.476 e. The minimum atomic E-state index is -1.06. The Labute approximate surface area is 90.2 Å². The van der Waals surface area contributed by atoms with E-state index in [0.29, 0.717) is 11.7 Å². The predicted octanol–water partition coefficient (Wildman–Crippen LogP) is 2.72. The van der Waals surface area contributed by atoms with E-state index in [1.807, 2.05) is 18.4 Å². The molecule has 0 radical (unpaired) electrons. The highest BCUT2D eigenvalue weighted by Crippen LogP contribution is 2.27. The molecule has 78 valence electrons. The van der Waals surface area contributed by atoms with Crippen LogP contribution in [-0.2, 0) is 0 Å². The molecule has 0 spiro atoms. The van der Waals surface area contributed by atoms with Gasteiger partial charge in [0.05, 0.1) is 4.88 Å². The summed E-state index contributed by atoms with van der Waals surface area (Å²) in [6.45, 7) is 3.56. The molecule has 2 aromatic rings. The van der Waals surface area contributed by atoms with Crippen molar-refractivity contribution in [3.63, 3.8) is 0 Å². The quantitative estimate of drug-likeness (QED) is 0.850. The molecule has 0 fully saturated rings. The summed E-state index contributed by atoms with van der Waals surface area (Å²) < 4.78 is 5.29. The summed E-state index contributed by atoms with van der Waals surface area (Å²) in [6.07, 6.45) is 0. The van der Waals surface area contributed by atoms with E-state index in [-0.39, 0.29) is 5.69 Å². The van der Waals surface area contributed by atoms with Crippen molar-refractivity contribution in [1.82, 2.24) is 4.98 Å². The Balaban J connectivity index is 2.46. The lowest BCUT2D eigenvalue weighted by molar-refractivity contribution is 0.0689. The molecule has 0 atom stereocenters. The number of oxazole rings is 1. The molecule has 2 rings (SSSR count). The van der Waals surface area contributed by atoms with Gasteiger partial charge in [0.25, 0.3) is 0 Å². The second-order valence-corrected chi connectivity index (χ2v) is 4.13. The minimum absolute atomic E-state index is 0.0175. The van der Waals surface area contributed by atoms with Crippen molar-refractivity contribution >= 4 is 17.3 Å². The van der Waals surface area contributed by atoms with Crippen LogP contribution in [0, 0.1) is 13.8 Å². The molecule has 0 unspecified atom stereocenters. The number of carboxylic acid groups (broad SMARTS) is 1. The SMILES string of the molecule is Cc1csc(-c2nc(C(=O)O)c(C)o2)c1. The Hall–Kier alpha value is -1.62. The highest BCUT2D eigenvalue weighted by Gasteiger charge is 2.17. The van der Waals surface area contributed by atoms with Crippen LogP contribution >= 0.6 is 11.3 Å². The Bertz CT molecular complexity index is 512. The zero-order chi connectivity index (χ0) is 11.0. The molecule has 0 saturated carbocycles. The van der Waals surface area contributed by atoms with Gasteiger partial charge in [-0.3, -0.25) is 0 Å². The van der Waals surface area contributed by atoms with Gasteiger partial charge in [-0.15, -0.1) is 11.3 Å². The van der Waals surface area contributed by atoms with Crippen molar-refractivity contribution in [2.75, 3.05) is 0 Å². The number of aromatic nitrogens is 1. The Kier molecular flexibility index (Phi) is 2.32.